The van der Waals surface area contributed by atoms with Gasteiger partial charge in [0.05, 0.1) is 11.4 Å². The highest BCUT2D eigenvalue weighted by atomic mass is 35.5. The van der Waals surface area contributed by atoms with Gasteiger partial charge in [-0.05, 0) is 61.7 Å². The summed E-state index contributed by atoms with van der Waals surface area (Å²) in [5.74, 6) is -0.374. The number of hydrogen-bond donors (Lipinski definition) is 1. The van der Waals surface area contributed by atoms with E-state index in [1.807, 2.05) is 43.3 Å². The van der Waals surface area contributed by atoms with Gasteiger partial charge in [-0.2, -0.15) is 0 Å². The fourth-order valence-electron chi connectivity index (χ4n) is 4.05. The lowest BCUT2D eigenvalue weighted by atomic mass is 10.1. The second-order valence-corrected chi connectivity index (χ2v) is 8.06. The lowest BCUT2D eigenvalue weighted by Gasteiger charge is -2.28. The van der Waals surface area contributed by atoms with Crippen LogP contribution < -0.4 is 10.7 Å². The van der Waals surface area contributed by atoms with Crippen molar-refractivity contribution in [2.75, 3.05) is 19.6 Å². The van der Waals surface area contributed by atoms with Gasteiger partial charge in [0.2, 0.25) is 0 Å². The van der Waals surface area contributed by atoms with E-state index in [0.29, 0.717) is 22.5 Å². The lowest BCUT2D eigenvalue weighted by Crippen LogP contribution is -2.37. The molecule has 164 valence electrons. The van der Waals surface area contributed by atoms with Crippen molar-refractivity contribution in [1.29, 1.82) is 0 Å². The Labute approximate surface area is 192 Å². The Kier molecular flexibility index (Phi) is 7.76. The summed E-state index contributed by atoms with van der Waals surface area (Å²) >= 11 is 6.44. The minimum Gasteiger partial charge on any atom is -0.451 e. The molecule has 7 heteroatoms. The third-order valence-corrected chi connectivity index (χ3v) is 6.07. The number of hydrogen-bond acceptors (Lipinski definition) is 4. The molecule has 0 aliphatic carbocycles. The van der Waals surface area contributed by atoms with Crippen LogP contribution in [0.2, 0.25) is 5.02 Å². The van der Waals surface area contributed by atoms with Crippen molar-refractivity contribution in [3.63, 3.8) is 0 Å². The molecule has 4 rings (SSSR count). The van der Waals surface area contributed by atoms with Gasteiger partial charge in [0, 0.05) is 17.6 Å². The van der Waals surface area contributed by atoms with Gasteiger partial charge in [-0.15, -0.1) is 12.4 Å². The highest BCUT2D eigenvalue weighted by Crippen LogP contribution is 2.29. The SMILES string of the molecule is CCc1ccc2oc(C(=O)NCC(c3ccccc3Cl)N3CCCC3)cc(=O)c2c1.Cl. The van der Waals surface area contributed by atoms with Gasteiger partial charge >= 0.3 is 0 Å². The third-order valence-electron chi connectivity index (χ3n) is 5.73. The van der Waals surface area contributed by atoms with Crippen LogP contribution in [0, 0.1) is 0 Å². The topological polar surface area (TPSA) is 62.6 Å². The Morgan fingerprint density at radius 1 is 1.16 bits per heavy atom. The summed E-state index contributed by atoms with van der Waals surface area (Å²) in [7, 11) is 0. The first-order chi connectivity index (χ1) is 14.6. The number of carbonyl (C=O) groups is 1. The maximum absolute atomic E-state index is 12.8. The highest BCUT2D eigenvalue weighted by molar-refractivity contribution is 6.31. The van der Waals surface area contributed by atoms with E-state index >= 15 is 0 Å². The summed E-state index contributed by atoms with van der Waals surface area (Å²) in [4.78, 5) is 27.7. The second-order valence-electron chi connectivity index (χ2n) is 7.65. The number of nitrogens with one attached hydrogen (secondary N) is 1. The van der Waals surface area contributed by atoms with E-state index in [1.165, 1.54) is 6.07 Å². The fraction of sp³-hybridized carbons (Fsp3) is 0.333. The zero-order valence-corrected chi connectivity index (χ0v) is 19.0. The van der Waals surface area contributed by atoms with Crippen LogP contribution in [-0.2, 0) is 6.42 Å². The van der Waals surface area contributed by atoms with E-state index in [9.17, 15) is 9.59 Å². The molecule has 1 N–H and O–H groups in total. The molecular weight excluding hydrogens is 435 g/mol. The summed E-state index contributed by atoms with van der Waals surface area (Å²) in [5.41, 5.74) is 2.26. The quantitative estimate of drug-likeness (QED) is 0.562. The van der Waals surface area contributed by atoms with Crippen LogP contribution in [0.4, 0.5) is 0 Å². The molecule has 1 saturated heterocycles. The Hall–Kier alpha value is -2.34. The number of nitrogens with zero attached hydrogens (tertiary/aromatic N) is 1. The Morgan fingerprint density at radius 2 is 1.90 bits per heavy atom. The van der Waals surface area contributed by atoms with Crippen molar-refractivity contribution >= 4 is 40.9 Å². The predicted molar refractivity (Wildman–Crippen MR) is 126 cm³/mol. The average Bonchev–Trinajstić information content (AvgIpc) is 3.29. The van der Waals surface area contributed by atoms with Gasteiger partial charge in [-0.3, -0.25) is 14.5 Å². The van der Waals surface area contributed by atoms with Gasteiger partial charge in [0.25, 0.3) is 5.91 Å². The molecule has 1 atom stereocenters. The van der Waals surface area contributed by atoms with Gasteiger partial charge in [-0.25, -0.2) is 0 Å². The van der Waals surface area contributed by atoms with Crippen LogP contribution in [0.3, 0.4) is 0 Å². The van der Waals surface area contributed by atoms with Gasteiger partial charge < -0.3 is 9.73 Å². The lowest BCUT2D eigenvalue weighted by molar-refractivity contribution is 0.0910. The largest absolute Gasteiger partial charge is 0.451 e. The molecule has 2 heterocycles. The second kappa shape index (κ2) is 10.3. The van der Waals surface area contributed by atoms with Crippen LogP contribution in [0.15, 0.2) is 57.7 Å². The van der Waals surface area contributed by atoms with Gasteiger partial charge in [-0.1, -0.05) is 42.8 Å². The van der Waals surface area contributed by atoms with Crippen LogP contribution in [0.25, 0.3) is 11.0 Å². The summed E-state index contributed by atoms with van der Waals surface area (Å²) in [6.07, 6.45) is 3.10. The molecule has 1 aromatic heterocycles. The molecule has 1 unspecified atom stereocenters. The molecule has 0 radical (unpaired) electrons. The number of likely N-dealkylation sites (tertiary alicyclic amines) is 1. The molecule has 1 aliphatic heterocycles. The van der Waals surface area contributed by atoms with E-state index in [4.69, 9.17) is 16.0 Å². The van der Waals surface area contributed by atoms with Crippen LogP contribution in [0.1, 0.15) is 47.5 Å². The zero-order chi connectivity index (χ0) is 21.1. The predicted octanol–water partition coefficient (Wildman–Crippen LogP) is 5.00. The fourth-order valence-corrected chi connectivity index (χ4v) is 4.31. The van der Waals surface area contributed by atoms with Gasteiger partial charge in [0.1, 0.15) is 5.58 Å². The average molecular weight is 461 g/mol. The summed E-state index contributed by atoms with van der Waals surface area (Å²) < 4.78 is 5.74. The Morgan fingerprint density at radius 3 is 2.61 bits per heavy atom. The first kappa shape index (κ1) is 23.3. The molecule has 1 aliphatic rings. The van der Waals surface area contributed by atoms with E-state index < -0.39 is 5.91 Å². The number of carbonyl (C=O) groups excluding carboxylic acids is 1. The number of amides is 1. The molecule has 0 bridgehead atoms. The highest BCUT2D eigenvalue weighted by Gasteiger charge is 2.26. The summed E-state index contributed by atoms with van der Waals surface area (Å²) in [6, 6.07) is 14.5. The molecule has 1 fully saturated rings. The number of halogens is 2. The maximum Gasteiger partial charge on any atom is 0.287 e. The molecule has 0 saturated carbocycles. The zero-order valence-electron chi connectivity index (χ0n) is 17.4. The van der Waals surface area contributed by atoms with Crippen molar-refractivity contribution in [3.8, 4) is 0 Å². The Balaban J connectivity index is 0.00000272. The normalized spacial score (nSPS) is 14.9. The van der Waals surface area contributed by atoms with E-state index in [2.05, 4.69) is 10.2 Å². The third kappa shape index (κ3) is 5.12. The van der Waals surface area contributed by atoms with Crippen LogP contribution >= 0.6 is 24.0 Å². The minimum absolute atomic E-state index is 0. The standard InChI is InChI=1S/C24H25ClN2O3.ClH/c1-2-16-9-10-22-18(13-16)21(28)14-23(30-22)24(29)26-15-20(27-11-5-6-12-27)17-7-3-4-8-19(17)25;/h3-4,7-10,13-14,20H,2,5-6,11-12,15H2,1H3,(H,26,29);1H. The monoisotopic (exact) mass is 460 g/mol. The van der Waals surface area contributed by atoms with E-state index in [0.717, 1.165) is 43.5 Å². The van der Waals surface area contributed by atoms with Gasteiger partial charge in [0.15, 0.2) is 11.2 Å². The van der Waals surface area contributed by atoms with E-state index in [-0.39, 0.29) is 29.6 Å². The van der Waals surface area contributed by atoms with Crippen molar-refractivity contribution in [2.24, 2.45) is 0 Å². The number of aryl methyl sites for hydroxylation is 1. The Bertz CT molecular complexity index is 1120. The van der Waals surface area contributed by atoms with Crippen molar-refractivity contribution in [1.82, 2.24) is 10.2 Å². The molecule has 3 aromatic rings. The van der Waals surface area contributed by atoms with Crippen LogP contribution in [-0.4, -0.2) is 30.4 Å². The van der Waals surface area contributed by atoms with Crippen molar-refractivity contribution in [3.05, 3.63) is 80.7 Å². The molecule has 1 amide bonds. The molecule has 2 aromatic carbocycles. The number of rotatable bonds is 6. The summed E-state index contributed by atoms with van der Waals surface area (Å²) in [6.45, 7) is 4.35. The first-order valence-electron chi connectivity index (χ1n) is 10.4. The molecule has 31 heavy (non-hydrogen) atoms. The smallest absolute Gasteiger partial charge is 0.287 e. The summed E-state index contributed by atoms with van der Waals surface area (Å²) in [5, 5.41) is 4.13. The maximum atomic E-state index is 12.8. The number of fused-ring (bicyclic) bond motifs is 1. The van der Waals surface area contributed by atoms with Crippen molar-refractivity contribution < 1.29 is 9.21 Å². The number of benzene rings is 2. The van der Waals surface area contributed by atoms with Crippen molar-refractivity contribution in [2.45, 2.75) is 32.2 Å². The molecule has 5 nitrogen and oxygen atoms in total. The first-order valence-corrected chi connectivity index (χ1v) is 10.8. The van der Waals surface area contributed by atoms with E-state index in [1.54, 1.807) is 6.07 Å². The minimum atomic E-state index is -0.398. The molecule has 0 spiro atoms. The molecular formula is C24H26Cl2N2O3. The van der Waals surface area contributed by atoms with Crippen LogP contribution in [0.5, 0.6) is 0 Å².